The average Bonchev–Trinajstić information content (AvgIpc) is 3.80. The fraction of sp³-hybridized carbons (Fsp3) is 0.0192. The molecule has 0 aliphatic heterocycles. The Bertz CT molecular complexity index is 3420. The van der Waals surface area contributed by atoms with Crippen LogP contribution in [-0.4, -0.2) is 26.7 Å². The van der Waals surface area contributed by atoms with Crippen LogP contribution in [0.15, 0.2) is 192 Å². The molecule has 57 heavy (non-hydrogen) atoms. The lowest BCUT2D eigenvalue weighted by molar-refractivity contribution is 1.07. The van der Waals surface area contributed by atoms with Crippen molar-refractivity contribution in [1.29, 1.82) is 0 Å². The Balaban J connectivity index is 1.11. The molecule has 0 bridgehead atoms. The zero-order valence-corrected chi connectivity index (χ0v) is 31.3. The number of amidine groups is 1. The van der Waals surface area contributed by atoms with Crippen molar-refractivity contribution in [3.05, 3.63) is 193 Å². The van der Waals surface area contributed by atoms with Crippen LogP contribution in [0.2, 0.25) is 0 Å². The number of aromatic nitrogens is 3. The maximum atomic E-state index is 5.28. The summed E-state index contributed by atoms with van der Waals surface area (Å²) in [5, 5.41) is 9.40. The Morgan fingerprint density at radius 3 is 1.65 bits per heavy atom. The van der Waals surface area contributed by atoms with Crippen molar-refractivity contribution in [2.24, 2.45) is 9.98 Å². The fourth-order valence-corrected chi connectivity index (χ4v) is 8.87. The zero-order chi connectivity index (χ0) is 38.0. The molecule has 5 nitrogen and oxygen atoms in total. The van der Waals surface area contributed by atoms with E-state index in [2.05, 4.69) is 198 Å². The first-order valence-corrected chi connectivity index (χ1v) is 19.2. The van der Waals surface area contributed by atoms with Gasteiger partial charge >= 0.3 is 0 Å². The first kappa shape index (κ1) is 32.8. The number of hydrogen-bond donors (Lipinski definition) is 0. The number of pyridine rings is 1. The Morgan fingerprint density at radius 2 is 0.982 bits per heavy atom. The van der Waals surface area contributed by atoms with Gasteiger partial charge in [-0.3, -0.25) is 4.57 Å². The van der Waals surface area contributed by atoms with Gasteiger partial charge in [-0.15, -0.1) is 0 Å². The lowest BCUT2D eigenvalue weighted by Crippen LogP contribution is -2.05. The Kier molecular flexibility index (Phi) is 7.47. The van der Waals surface area contributed by atoms with Crippen molar-refractivity contribution >= 4 is 83.4 Å². The Hall–Kier alpha value is -7.63. The van der Waals surface area contributed by atoms with E-state index >= 15 is 0 Å². The SMILES string of the molecule is C=NC(=Nc1c(C)c2ccccc2c2ccccc12)c1cccc(-n2c3ccccc3c3c4c5ccccc5n(-c5ccc(-c6ccccc6)cc5)c4ccc32)n1. The van der Waals surface area contributed by atoms with Gasteiger partial charge in [-0.05, 0) is 95.0 Å². The van der Waals surface area contributed by atoms with Crippen LogP contribution in [0, 0.1) is 6.92 Å². The molecular formula is C52H35N5. The molecule has 11 aromatic rings. The van der Waals surface area contributed by atoms with Crippen LogP contribution in [0.3, 0.4) is 0 Å². The molecule has 0 unspecified atom stereocenters. The van der Waals surface area contributed by atoms with E-state index in [-0.39, 0.29) is 0 Å². The molecule has 8 aromatic carbocycles. The maximum absolute atomic E-state index is 5.28. The number of fused-ring (bicyclic) bond motifs is 10. The molecule has 268 valence electrons. The van der Waals surface area contributed by atoms with E-state index in [0.717, 1.165) is 50.1 Å². The van der Waals surface area contributed by atoms with Gasteiger partial charge in [0.1, 0.15) is 11.5 Å². The lowest BCUT2D eigenvalue weighted by atomic mass is 9.96. The first-order chi connectivity index (χ1) is 28.2. The van der Waals surface area contributed by atoms with E-state index < -0.39 is 0 Å². The summed E-state index contributed by atoms with van der Waals surface area (Å²) in [5.41, 5.74) is 10.6. The van der Waals surface area contributed by atoms with Gasteiger partial charge in [-0.2, -0.15) is 0 Å². The van der Waals surface area contributed by atoms with E-state index in [1.807, 2.05) is 12.1 Å². The van der Waals surface area contributed by atoms with Crippen LogP contribution < -0.4 is 0 Å². The van der Waals surface area contributed by atoms with Crippen LogP contribution in [0.1, 0.15) is 11.3 Å². The largest absolute Gasteiger partial charge is 0.309 e. The monoisotopic (exact) mass is 729 g/mol. The third-order valence-corrected chi connectivity index (χ3v) is 11.4. The number of rotatable bonds is 5. The summed E-state index contributed by atoms with van der Waals surface area (Å²) < 4.78 is 4.66. The number of para-hydroxylation sites is 2. The molecule has 3 aromatic heterocycles. The average molecular weight is 730 g/mol. The molecule has 0 saturated heterocycles. The number of nitrogens with zero attached hydrogens (tertiary/aromatic N) is 5. The second-order valence-corrected chi connectivity index (χ2v) is 14.5. The normalized spacial score (nSPS) is 12.1. The topological polar surface area (TPSA) is 47.5 Å². The number of aliphatic imine (C=N–C) groups is 2. The first-order valence-electron chi connectivity index (χ1n) is 19.2. The number of benzene rings is 8. The standard InChI is InChI=1S/C52H35N5/c1-33-37-17-6-7-18-38(37)39-19-8-9-20-40(39)51(33)55-52(53-2)43-23-14-26-48(54-43)57-45-25-13-11-22-42(45)50-47(57)32-31-46-49(50)41-21-10-12-24-44(41)56(46)36-29-27-35(28-30-36)34-15-4-3-5-16-34/h3-32H,2H2,1H3. The van der Waals surface area contributed by atoms with Crippen LogP contribution in [0.25, 0.3) is 87.8 Å². The van der Waals surface area contributed by atoms with Gasteiger partial charge in [-0.1, -0.05) is 133 Å². The highest BCUT2D eigenvalue weighted by molar-refractivity contribution is 6.29. The molecule has 0 aliphatic rings. The third-order valence-electron chi connectivity index (χ3n) is 11.4. The molecule has 0 radical (unpaired) electrons. The zero-order valence-electron chi connectivity index (χ0n) is 31.3. The molecule has 5 heteroatoms. The molecular weight excluding hydrogens is 695 g/mol. The van der Waals surface area contributed by atoms with Crippen molar-refractivity contribution in [3.8, 4) is 22.6 Å². The van der Waals surface area contributed by atoms with Crippen LogP contribution in [0.4, 0.5) is 5.69 Å². The van der Waals surface area contributed by atoms with E-state index in [0.29, 0.717) is 11.5 Å². The van der Waals surface area contributed by atoms with Crippen LogP contribution in [-0.2, 0) is 0 Å². The van der Waals surface area contributed by atoms with Gasteiger partial charge in [0.25, 0.3) is 0 Å². The van der Waals surface area contributed by atoms with Crippen molar-refractivity contribution in [3.63, 3.8) is 0 Å². The molecule has 0 fully saturated rings. The van der Waals surface area contributed by atoms with Gasteiger partial charge < -0.3 is 4.57 Å². The van der Waals surface area contributed by atoms with E-state index in [4.69, 9.17) is 9.98 Å². The smallest absolute Gasteiger partial charge is 0.178 e. The fourth-order valence-electron chi connectivity index (χ4n) is 8.87. The number of hydrogen-bond acceptors (Lipinski definition) is 2. The summed E-state index contributed by atoms with van der Waals surface area (Å²) in [5.74, 6) is 1.26. The Morgan fingerprint density at radius 1 is 0.456 bits per heavy atom. The molecule has 0 N–H and O–H groups in total. The van der Waals surface area contributed by atoms with Crippen LogP contribution in [0.5, 0.6) is 0 Å². The van der Waals surface area contributed by atoms with Gasteiger partial charge in [-0.25, -0.2) is 15.0 Å². The maximum Gasteiger partial charge on any atom is 0.178 e. The highest BCUT2D eigenvalue weighted by Gasteiger charge is 2.21. The summed E-state index contributed by atoms with van der Waals surface area (Å²) in [7, 11) is 0. The van der Waals surface area contributed by atoms with Crippen LogP contribution >= 0.6 is 0 Å². The van der Waals surface area contributed by atoms with Crippen molar-refractivity contribution in [1.82, 2.24) is 14.1 Å². The minimum absolute atomic E-state index is 0.477. The van der Waals surface area contributed by atoms with Gasteiger partial charge in [0, 0.05) is 32.6 Å². The Labute approximate surface area is 329 Å². The molecule has 11 rings (SSSR count). The predicted octanol–water partition coefficient (Wildman–Crippen LogP) is 13.3. The minimum Gasteiger partial charge on any atom is -0.309 e. The highest BCUT2D eigenvalue weighted by Crippen LogP contribution is 2.43. The molecule has 0 spiro atoms. The highest BCUT2D eigenvalue weighted by atomic mass is 15.1. The summed E-state index contributed by atoms with van der Waals surface area (Å²) in [6, 6.07) is 64.3. The summed E-state index contributed by atoms with van der Waals surface area (Å²) in [6.07, 6.45) is 0. The minimum atomic E-state index is 0.477. The van der Waals surface area contributed by atoms with Gasteiger partial charge in [0.15, 0.2) is 5.84 Å². The molecule has 0 atom stereocenters. The molecule has 3 heterocycles. The molecule has 0 amide bonds. The number of aryl methyl sites for hydroxylation is 1. The van der Waals surface area contributed by atoms with Crippen molar-refractivity contribution in [2.45, 2.75) is 6.92 Å². The molecule has 0 saturated carbocycles. The second kappa shape index (κ2) is 13.0. The van der Waals surface area contributed by atoms with Gasteiger partial charge in [0.2, 0.25) is 0 Å². The quantitative estimate of drug-likeness (QED) is 0.0988. The van der Waals surface area contributed by atoms with Crippen molar-refractivity contribution < 1.29 is 0 Å². The van der Waals surface area contributed by atoms with E-state index in [1.54, 1.807) is 0 Å². The summed E-state index contributed by atoms with van der Waals surface area (Å²) in [6.45, 7) is 6.11. The summed E-state index contributed by atoms with van der Waals surface area (Å²) in [4.78, 5) is 15.0. The van der Waals surface area contributed by atoms with E-state index in [9.17, 15) is 0 Å². The van der Waals surface area contributed by atoms with Crippen molar-refractivity contribution in [2.75, 3.05) is 0 Å². The summed E-state index contributed by atoms with van der Waals surface area (Å²) >= 11 is 0. The second-order valence-electron chi connectivity index (χ2n) is 14.5. The predicted molar refractivity (Wildman–Crippen MR) is 240 cm³/mol. The lowest BCUT2D eigenvalue weighted by Gasteiger charge is -2.13. The van der Waals surface area contributed by atoms with E-state index in [1.165, 1.54) is 49.0 Å². The molecule has 0 aliphatic carbocycles. The van der Waals surface area contributed by atoms with Gasteiger partial charge in [0.05, 0.1) is 27.8 Å². The third kappa shape index (κ3) is 5.06.